The van der Waals surface area contributed by atoms with Gasteiger partial charge in [-0.2, -0.15) is 0 Å². The normalized spacial score (nSPS) is 9.88. The second kappa shape index (κ2) is 8.47. The van der Waals surface area contributed by atoms with Crippen molar-refractivity contribution in [2.75, 3.05) is 13.2 Å². The Bertz CT molecular complexity index is 710. The minimum atomic E-state index is -0.692. The van der Waals surface area contributed by atoms with E-state index < -0.39 is 24.4 Å². The molecule has 2 amide bonds. The lowest BCUT2D eigenvalue weighted by atomic mass is 10.2. The number of carbonyl (C=O) groups is 3. The molecule has 124 valence electrons. The van der Waals surface area contributed by atoms with E-state index in [0.717, 1.165) is 0 Å². The standard InChI is InChI=1S/C18H17NO5/c1-2-23-15-10-8-14(9-11-15)18(22)24-12-16(20)19-17(21)13-6-4-3-5-7-13/h3-11H,2,12H2,1H3,(H,19,20,21). The lowest BCUT2D eigenvalue weighted by Gasteiger charge is -2.07. The molecule has 6 heteroatoms. The number of amides is 2. The zero-order valence-electron chi connectivity index (χ0n) is 13.2. The van der Waals surface area contributed by atoms with Crippen LogP contribution in [0.3, 0.4) is 0 Å². The number of benzene rings is 2. The van der Waals surface area contributed by atoms with Gasteiger partial charge in [-0.25, -0.2) is 4.79 Å². The van der Waals surface area contributed by atoms with Crippen molar-refractivity contribution >= 4 is 17.8 Å². The van der Waals surface area contributed by atoms with E-state index in [2.05, 4.69) is 5.32 Å². The second-order valence-corrected chi connectivity index (χ2v) is 4.78. The average Bonchev–Trinajstić information content (AvgIpc) is 2.61. The van der Waals surface area contributed by atoms with Gasteiger partial charge in [-0.15, -0.1) is 0 Å². The highest BCUT2D eigenvalue weighted by molar-refractivity contribution is 6.05. The van der Waals surface area contributed by atoms with E-state index in [-0.39, 0.29) is 0 Å². The molecule has 2 aromatic rings. The monoisotopic (exact) mass is 327 g/mol. The van der Waals surface area contributed by atoms with Crippen LogP contribution in [-0.2, 0) is 9.53 Å². The highest BCUT2D eigenvalue weighted by atomic mass is 16.5. The van der Waals surface area contributed by atoms with Crippen LogP contribution in [-0.4, -0.2) is 31.0 Å². The first kappa shape index (κ1) is 17.2. The average molecular weight is 327 g/mol. The van der Waals surface area contributed by atoms with Crippen LogP contribution in [0, 0.1) is 0 Å². The predicted octanol–water partition coefficient (Wildman–Crippen LogP) is 2.20. The summed E-state index contributed by atoms with van der Waals surface area (Å²) in [5, 5.41) is 2.15. The Labute approximate surface area is 139 Å². The molecule has 0 saturated heterocycles. The quantitative estimate of drug-likeness (QED) is 0.823. The van der Waals surface area contributed by atoms with Gasteiger partial charge in [-0.1, -0.05) is 18.2 Å². The molecule has 0 bridgehead atoms. The van der Waals surface area contributed by atoms with Gasteiger partial charge >= 0.3 is 5.97 Å². The summed E-state index contributed by atoms with van der Waals surface area (Å²) in [5.41, 5.74) is 0.643. The van der Waals surface area contributed by atoms with Crippen molar-refractivity contribution in [1.82, 2.24) is 5.32 Å². The Morgan fingerprint density at radius 1 is 0.917 bits per heavy atom. The summed E-state index contributed by atoms with van der Waals surface area (Å²) >= 11 is 0. The minimum absolute atomic E-state index is 0.292. The summed E-state index contributed by atoms with van der Waals surface area (Å²) in [4.78, 5) is 35.3. The first-order valence-corrected chi connectivity index (χ1v) is 7.39. The molecule has 0 aliphatic rings. The molecular weight excluding hydrogens is 310 g/mol. The lowest BCUT2D eigenvalue weighted by molar-refractivity contribution is -0.123. The highest BCUT2D eigenvalue weighted by Gasteiger charge is 2.13. The first-order chi connectivity index (χ1) is 11.6. The van der Waals surface area contributed by atoms with E-state index in [9.17, 15) is 14.4 Å². The Hall–Kier alpha value is -3.15. The van der Waals surface area contributed by atoms with Crippen molar-refractivity contribution < 1.29 is 23.9 Å². The van der Waals surface area contributed by atoms with E-state index in [4.69, 9.17) is 9.47 Å². The molecule has 0 fully saturated rings. The van der Waals surface area contributed by atoms with Crippen LogP contribution in [0.15, 0.2) is 54.6 Å². The molecule has 0 aliphatic heterocycles. The predicted molar refractivity (Wildman–Crippen MR) is 86.8 cm³/mol. The largest absolute Gasteiger partial charge is 0.494 e. The molecule has 0 saturated carbocycles. The summed E-state index contributed by atoms with van der Waals surface area (Å²) in [6, 6.07) is 14.6. The van der Waals surface area contributed by atoms with Crippen molar-refractivity contribution in [3.63, 3.8) is 0 Å². The van der Waals surface area contributed by atoms with Gasteiger partial charge in [0.15, 0.2) is 6.61 Å². The Morgan fingerprint density at radius 2 is 1.58 bits per heavy atom. The van der Waals surface area contributed by atoms with Gasteiger partial charge in [-0.3, -0.25) is 14.9 Å². The number of esters is 1. The fraction of sp³-hybridized carbons (Fsp3) is 0.167. The van der Waals surface area contributed by atoms with Gasteiger partial charge in [0.2, 0.25) is 0 Å². The summed E-state index contributed by atoms with van der Waals surface area (Å²) in [6.07, 6.45) is 0. The maximum absolute atomic E-state index is 11.8. The van der Waals surface area contributed by atoms with Crippen molar-refractivity contribution in [2.45, 2.75) is 6.92 Å². The smallest absolute Gasteiger partial charge is 0.338 e. The molecule has 2 aromatic carbocycles. The van der Waals surface area contributed by atoms with Crippen molar-refractivity contribution in [3.05, 3.63) is 65.7 Å². The van der Waals surface area contributed by atoms with E-state index >= 15 is 0 Å². The van der Waals surface area contributed by atoms with Gasteiger partial charge in [0.05, 0.1) is 12.2 Å². The first-order valence-electron chi connectivity index (χ1n) is 7.39. The van der Waals surface area contributed by atoms with Gasteiger partial charge in [0.25, 0.3) is 11.8 Å². The number of ether oxygens (including phenoxy) is 2. The van der Waals surface area contributed by atoms with E-state index in [1.807, 2.05) is 6.92 Å². The molecule has 0 aromatic heterocycles. The van der Waals surface area contributed by atoms with Gasteiger partial charge in [-0.05, 0) is 43.3 Å². The number of nitrogens with one attached hydrogen (secondary N) is 1. The van der Waals surface area contributed by atoms with Crippen LogP contribution in [0.2, 0.25) is 0 Å². The SMILES string of the molecule is CCOc1ccc(C(=O)OCC(=O)NC(=O)c2ccccc2)cc1. The molecule has 1 N–H and O–H groups in total. The number of carbonyl (C=O) groups excluding carboxylic acids is 3. The highest BCUT2D eigenvalue weighted by Crippen LogP contribution is 2.12. The summed E-state index contributed by atoms with van der Waals surface area (Å²) in [7, 11) is 0. The Morgan fingerprint density at radius 3 is 2.21 bits per heavy atom. The van der Waals surface area contributed by atoms with E-state index in [1.165, 1.54) is 0 Å². The number of hydrogen-bond donors (Lipinski definition) is 1. The third-order valence-electron chi connectivity index (χ3n) is 3.02. The van der Waals surface area contributed by atoms with Crippen LogP contribution in [0.25, 0.3) is 0 Å². The van der Waals surface area contributed by atoms with Crippen molar-refractivity contribution in [3.8, 4) is 5.75 Å². The van der Waals surface area contributed by atoms with E-state index in [1.54, 1.807) is 54.6 Å². The second-order valence-electron chi connectivity index (χ2n) is 4.78. The molecule has 24 heavy (non-hydrogen) atoms. The summed E-state index contributed by atoms with van der Waals surface area (Å²) in [5.74, 6) is -1.25. The third kappa shape index (κ3) is 4.95. The molecular formula is C18H17NO5. The van der Waals surface area contributed by atoms with E-state index in [0.29, 0.717) is 23.5 Å². The van der Waals surface area contributed by atoms with Crippen LogP contribution >= 0.6 is 0 Å². The fourth-order valence-electron chi connectivity index (χ4n) is 1.89. The maximum Gasteiger partial charge on any atom is 0.338 e. The third-order valence-corrected chi connectivity index (χ3v) is 3.02. The van der Waals surface area contributed by atoms with Gasteiger partial charge in [0, 0.05) is 5.56 Å². The Balaban J connectivity index is 1.82. The minimum Gasteiger partial charge on any atom is -0.494 e. The molecule has 0 spiro atoms. The molecule has 0 atom stereocenters. The van der Waals surface area contributed by atoms with Crippen molar-refractivity contribution in [1.29, 1.82) is 0 Å². The van der Waals surface area contributed by atoms with Crippen molar-refractivity contribution in [2.24, 2.45) is 0 Å². The number of imide groups is 1. The van der Waals surface area contributed by atoms with Crippen LogP contribution in [0.5, 0.6) is 5.75 Å². The zero-order valence-corrected chi connectivity index (χ0v) is 13.2. The van der Waals surface area contributed by atoms with Crippen LogP contribution < -0.4 is 10.1 Å². The zero-order chi connectivity index (χ0) is 17.4. The molecule has 0 aliphatic carbocycles. The molecule has 2 rings (SSSR count). The molecule has 6 nitrogen and oxygen atoms in total. The summed E-state index contributed by atoms with van der Waals surface area (Å²) in [6.45, 7) is 1.85. The topological polar surface area (TPSA) is 81.7 Å². The fourth-order valence-corrected chi connectivity index (χ4v) is 1.89. The molecule has 0 heterocycles. The van der Waals surface area contributed by atoms with Gasteiger partial charge in [0.1, 0.15) is 5.75 Å². The summed E-state index contributed by atoms with van der Waals surface area (Å²) < 4.78 is 10.2. The molecule has 0 radical (unpaired) electrons. The number of hydrogen-bond acceptors (Lipinski definition) is 5. The lowest BCUT2D eigenvalue weighted by Crippen LogP contribution is -2.34. The maximum atomic E-state index is 11.8. The molecule has 0 unspecified atom stereocenters. The Kier molecular flexibility index (Phi) is 6.08. The van der Waals surface area contributed by atoms with Crippen LogP contribution in [0.1, 0.15) is 27.6 Å². The number of rotatable bonds is 6. The van der Waals surface area contributed by atoms with Crippen LogP contribution in [0.4, 0.5) is 0 Å². The van der Waals surface area contributed by atoms with Gasteiger partial charge < -0.3 is 9.47 Å².